The lowest BCUT2D eigenvalue weighted by Crippen LogP contribution is -2.42. The minimum absolute atomic E-state index is 0.196. The van der Waals surface area contributed by atoms with Crippen molar-refractivity contribution in [2.45, 2.75) is 58.8 Å². The first-order valence-electron chi connectivity index (χ1n) is 10.5. The molecule has 0 unspecified atom stereocenters. The van der Waals surface area contributed by atoms with Crippen molar-refractivity contribution in [3.05, 3.63) is 24.7 Å². The molecule has 11 heteroatoms. The maximum atomic E-state index is 12.3. The molecule has 32 heavy (non-hydrogen) atoms. The molecule has 0 atom stereocenters. The first kappa shape index (κ1) is 23.9. The van der Waals surface area contributed by atoms with Crippen molar-refractivity contribution in [2.24, 2.45) is 12.9 Å². The van der Waals surface area contributed by atoms with Gasteiger partial charge in [-0.25, -0.2) is 20.6 Å². The van der Waals surface area contributed by atoms with E-state index in [1.165, 1.54) is 6.20 Å². The van der Waals surface area contributed by atoms with Crippen molar-refractivity contribution >= 4 is 31.1 Å². The van der Waals surface area contributed by atoms with Crippen molar-refractivity contribution in [1.29, 1.82) is 0 Å². The third-order valence-electron chi connectivity index (χ3n) is 4.64. The average Bonchev–Trinajstić information content (AvgIpc) is 3.25. The van der Waals surface area contributed by atoms with Gasteiger partial charge in [-0.1, -0.05) is 19.6 Å². The predicted octanol–water partition coefficient (Wildman–Crippen LogP) is 3.76. The fourth-order valence-corrected chi connectivity index (χ4v) is 3.75. The summed E-state index contributed by atoms with van der Waals surface area (Å²) < 4.78 is 15.0. The molecule has 1 amide bonds. The van der Waals surface area contributed by atoms with Crippen molar-refractivity contribution in [3.63, 3.8) is 0 Å². The Hall–Kier alpha value is -2.76. The largest absolute Gasteiger partial charge is 0.442 e. The summed E-state index contributed by atoms with van der Waals surface area (Å²) in [7, 11) is 0.670. The van der Waals surface area contributed by atoms with Gasteiger partial charge in [0.1, 0.15) is 17.8 Å². The minimum atomic E-state index is -1.19. The molecule has 0 saturated heterocycles. The zero-order valence-electron chi connectivity index (χ0n) is 19.9. The van der Waals surface area contributed by atoms with Crippen LogP contribution in [0.1, 0.15) is 20.8 Å². The van der Waals surface area contributed by atoms with Crippen LogP contribution in [0.3, 0.4) is 0 Å². The van der Waals surface area contributed by atoms with Gasteiger partial charge in [0.15, 0.2) is 11.5 Å². The fourth-order valence-electron chi connectivity index (χ4n) is 2.99. The maximum absolute atomic E-state index is 12.3. The minimum Gasteiger partial charge on any atom is -0.442 e. The molecule has 10 nitrogen and oxygen atoms in total. The van der Waals surface area contributed by atoms with Crippen LogP contribution in [-0.2, 0) is 23.3 Å². The Morgan fingerprint density at radius 2 is 1.97 bits per heavy atom. The van der Waals surface area contributed by atoms with E-state index in [1.807, 2.05) is 23.9 Å². The van der Waals surface area contributed by atoms with Crippen LogP contribution in [0.25, 0.3) is 22.4 Å². The Morgan fingerprint density at radius 1 is 1.25 bits per heavy atom. The maximum Gasteiger partial charge on any atom is 0.430 e. The van der Waals surface area contributed by atoms with Gasteiger partial charge in [0.25, 0.3) is 0 Å². The van der Waals surface area contributed by atoms with Gasteiger partial charge in [0.2, 0.25) is 0 Å². The van der Waals surface area contributed by atoms with Crippen LogP contribution >= 0.6 is 0 Å². The normalized spacial score (nSPS) is 12.4. The van der Waals surface area contributed by atoms with E-state index in [9.17, 15) is 4.79 Å². The van der Waals surface area contributed by atoms with Gasteiger partial charge in [-0.2, -0.15) is 10.1 Å². The van der Waals surface area contributed by atoms with Gasteiger partial charge in [0, 0.05) is 33.5 Å². The Bertz CT molecular complexity index is 1100. The Kier molecular flexibility index (Phi) is 6.72. The summed E-state index contributed by atoms with van der Waals surface area (Å²) in [6.45, 7) is 13.3. The molecule has 0 radical (unpaired) electrons. The topological polar surface area (TPSA) is 113 Å². The number of aryl methyl sites for hydroxylation is 1. The molecule has 0 spiro atoms. The number of hydrogen-bond acceptors (Lipinski definition) is 7. The zero-order valence-corrected chi connectivity index (χ0v) is 20.9. The van der Waals surface area contributed by atoms with Crippen LogP contribution in [0, 0.1) is 0 Å². The Labute approximate surface area is 189 Å². The quantitative estimate of drug-likeness (QED) is 0.188. The second-order valence-corrected chi connectivity index (χ2v) is 15.6. The van der Waals surface area contributed by atoms with E-state index in [4.69, 9.17) is 15.3 Å². The number of carbonyl (C=O) groups is 1. The van der Waals surface area contributed by atoms with Crippen LogP contribution in [0.15, 0.2) is 24.7 Å². The SMILES string of the molecule is Cn1cc(-c2cc3nc(N(N)C(=O)OC(C)(C)C)cnc3n2COCC[Si](C)(C)C)cn1. The van der Waals surface area contributed by atoms with Gasteiger partial charge in [-0.15, -0.1) is 0 Å². The highest BCUT2D eigenvalue weighted by Crippen LogP contribution is 2.27. The summed E-state index contributed by atoms with van der Waals surface area (Å²) in [5.41, 5.74) is 2.35. The van der Waals surface area contributed by atoms with Crippen molar-refractivity contribution in [3.8, 4) is 11.3 Å². The Morgan fingerprint density at radius 3 is 2.56 bits per heavy atom. The summed E-state index contributed by atoms with van der Waals surface area (Å²) in [5, 5.41) is 5.14. The molecule has 0 aliphatic carbocycles. The summed E-state index contributed by atoms with van der Waals surface area (Å²) in [4.78, 5) is 21.4. The van der Waals surface area contributed by atoms with Crippen molar-refractivity contribution < 1.29 is 14.3 Å². The van der Waals surface area contributed by atoms with E-state index < -0.39 is 19.8 Å². The smallest absolute Gasteiger partial charge is 0.430 e. The molecule has 0 fully saturated rings. The molecule has 3 rings (SSSR count). The fraction of sp³-hybridized carbons (Fsp3) is 0.524. The van der Waals surface area contributed by atoms with Crippen LogP contribution in [0.5, 0.6) is 0 Å². The number of nitrogens with two attached hydrogens (primary N) is 1. The molecule has 3 aromatic heterocycles. The summed E-state index contributed by atoms with van der Waals surface area (Å²) in [6.07, 6.45) is 4.46. The third kappa shape index (κ3) is 5.93. The number of anilines is 1. The van der Waals surface area contributed by atoms with Crippen LogP contribution in [-0.4, -0.2) is 50.7 Å². The van der Waals surface area contributed by atoms with E-state index in [-0.39, 0.29) is 5.82 Å². The lowest BCUT2D eigenvalue weighted by Gasteiger charge is -2.23. The van der Waals surface area contributed by atoms with E-state index >= 15 is 0 Å². The third-order valence-corrected chi connectivity index (χ3v) is 6.34. The lowest BCUT2D eigenvalue weighted by atomic mass is 10.2. The number of fused-ring (bicyclic) bond motifs is 1. The highest BCUT2D eigenvalue weighted by atomic mass is 28.3. The molecule has 3 aromatic rings. The second kappa shape index (κ2) is 9.00. The van der Waals surface area contributed by atoms with E-state index in [0.717, 1.165) is 22.3 Å². The second-order valence-electron chi connectivity index (χ2n) is 10.00. The van der Waals surface area contributed by atoms with E-state index in [0.29, 0.717) is 24.5 Å². The average molecular weight is 460 g/mol. The zero-order chi connectivity index (χ0) is 23.7. The summed E-state index contributed by atoms with van der Waals surface area (Å²) in [5.74, 6) is 6.15. The van der Waals surface area contributed by atoms with Crippen molar-refractivity contribution in [1.82, 2.24) is 24.3 Å². The monoisotopic (exact) mass is 459 g/mol. The van der Waals surface area contributed by atoms with Gasteiger partial charge in [0.05, 0.1) is 18.1 Å². The van der Waals surface area contributed by atoms with Gasteiger partial charge in [-0.3, -0.25) is 9.25 Å². The highest BCUT2D eigenvalue weighted by Gasteiger charge is 2.23. The molecule has 0 bridgehead atoms. The molecule has 0 saturated carbocycles. The first-order chi connectivity index (χ1) is 14.8. The molecule has 174 valence electrons. The van der Waals surface area contributed by atoms with E-state index in [1.54, 1.807) is 31.6 Å². The van der Waals surface area contributed by atoms with Gasteiger partial charge in [-0.05, 0) is 32.9 Å². The predicted molar refractivity (Wildman–Crippen MR) is 127 cm³/mol. The highest BCUT2D eigenvalue weighted by molar-refractivity contribution is 6.76. The summed E-state index contributed by atoms with van der Waals surface area (Å²) >= 11 is 0. The standard InChI is InChI=1S/C21H33N7O3Si/c1-21(2,3)31-20(29)28(22)18-12-23-19-16(25-18)10-17(15-11-24-26(4)13-15)27(19)14-30-8-9-32(5,6)7/h10-13H,8-9,14,22H2,1-7H3. The van der Waals surface area contributed by atoms with Crippen molar-refractivity contribution in [2.75, 3.05) is 11.6 Å². The molecule has 3 heterocycles. The number of ether oxygens (including phenoxy) is 2. The van der Waals surface area contributed by atoms with Crippen LogP contribution in [0.2, 0.25) is 25.7 Å². The van der Waals surface area contributed by atoms with E-state index in [2.05, 4.69) is 34.7 Å². The first-order valence-corrected chi connectivity index (χ1v) is 14.3. The number of amides is 1. The Balaban J connectivity index is 1.92. The molecule has 0 aromatic carbocycles. The van der Waals surface area contributed by atoms with Gasteiger partial charge >= 0.3 is 6.09 Å². The summed E-state index contributed by atoms with van der Waals surface area (Å²) in [6, 6.07) is 2.97. The molecule has 0 aliphatic heterocycles. The number of hydrazine groups is 1. The number of aromatic nitrogens is 5. The number of rotatable bonds is 7. The van der Waals surface area contributed by atoms with Gasteiger partial charge < -0.3 is 9.47 Å². The molecular formula is C21H33N7O3Si. The lowest BCUT2D eigenvalue weighted by molar-refractivity contribution is 0.0578. The number of hydrogen-bond donors (Lipinski definition) is 1. The number of carbonyl (C=O) groups excluding carboxylic acids is 1. The molecular weight excluding hydrogens is 426 g/mol. The van der Waals surface area contributed by atoms with Crippen LogP contribution in [0.4, 0.5) is 10.6 Å². The molecule has 2 N–H and O–H groups in total. The number of nitrogens with zero attached hydrogens (tertiary/aromatic N) is 6. The van der Waals surface area contributed by atoms with Crippen LogP contribution < -0.4 is 10.9 Å². The molecule has 0 aliphatic rings.